The van der Waals surface area contributed by atoms with Crippen molar-refractivity contribution in [2.75, 3.05) is 13.7 Å². The number of piperidine rings is 1. The SMILES string of the molecule is COc1cccc(CNC(=O)c2cnc([C@H]3CCCCN3C3CCCCC3)nc2C)c1. The monoisotopic (exact) mass is 422 g/mol. The third-order valence-corrected chi connectivity index (χ3v) is 6.72. The first-order chi connectivity index (χ1) is 15.2. The Labute approximate surface area is 185 Å². The van der Waals surface area contributed by atoms with E-state index in [-0.39, 0.29) is 11.9 Å². The van der Waals surface area contributed by atoms with E-state index in [2.05, 4.69) is 15.2 Å². The van der Waals surface area contributed by atoms with Gasteiger partial charge in [0, 0.05) is 18.8 Å². The summed E-state index contributed by atoms with van der Waals surface area (Å²) in [5, 5.41) is 2.98. The number of aryl methyl sites for hydroxylation is 1. The van der Waals surface area contributed by atoms with Crippen LogP contribution in [0.15, 0.2) is 30.5 Å². The van der Waals surface area contributed by atoms with E-state index < -0.39 is 0 Å². The Balaban J connectivity index is 1.44. The number of rotatable bonds is 6. The number of hydrogen-bond acceptors (Lipinski definition) is 5. The lowest BCUT2D eigenvalue weighted by molar-refractivity contribution is 0.0674. The molecule has 1 aromatic heterocycles. The van der Waals surface area contributed by atoms with E-state index >= 15 is 0 Å². The summed E-state index contributed by atoms with van der Waals surface area (Å²) in [6, 6.07) is 8.65. The number of methoxy groups -OCH3 is 1. The van der Waals surface area contributed by atoms with E-state index in [1.165, 1.54) is 44.9 Å². The molecule has 1 aliphatic carbocycles. The Bertz CT molecular complexity index is 895. The van der Waals surface area contributed by atoms with Gasteiger partial charge < -0.3 is 10.1 Å². The average Bonchev–Trinajstić information content (AvgIpc) is 2.83. The van der Waals surface area contributed by atoms with Crippen LogP contribution in [-0.4, -0.2) is 40.5 Å². The Morgan fingerprint density at radius 1 is 1.16 bits per heavy atom. The summed E-state index contributed by atoms with van der Waals surface area (Å²) in [6.07, 6.45) is 11.9. The summed E-state index contributed by atoms with van der Waals surface area (Å²) in [5.41, 5.74) is 2.29. The van der Waals surface area contributed by atoms with Crippen molar-refractivity contribution < 1.29 is 9.53 Å². The molecule has 1 aliphatic heterocycles. The van der Waals surface area contributed by atoms with Gasteiger partial charge in [-0.25, -0.2) is 9.97 Å². The molecule has 4 rings (SSSR count). The minimum atomic E-state index is -0.139. The Morgan fingerprint density at radius 2 is 1.97 bits per heavy atom. The predicted octanol–water partition coefficient (Wildman–Crippen LogP) is 4.58. The minimum absolute atomic E-state index is 0.139. The fourth-order valence-electron chi connectivity index (χ4n) is 5.01. The normalized spacial score (nSPS) is 20.4. The highest BCUT2D eigenvalue weighted by Gasteiger charge is 2.32. The third-order valence-electron chi connectivity index (χ3n) is 6.72. The molecule has 166 valence electrons. The van der Waals surface area contributed by atoms with Gasteiger partial charge in [0.25, 0.3) is 5.91 Å². The van der Waals surface area contributed by atoms with Gasteiger partial charge >= 0.3 is 0 Å². The summed E-state index contributed by atoms with van der Waals surface area (Å²) in [6.45, 7) is 3.50. The summed E-state index contributed by atoms with van der Waals surface area (Å²) in [5.74, 6) is 1.53. The van der Waals surface area contributed by atoms with E-state index in [1.807, 2.05) is 31.2 Å². The van der Waals surface area contributed by atoms with Crippen LogP contribution in [0.1, 0.15) is 84.8 Å². The number of benzene rings is 1. The molecule has 0 bridgehead atoms. The Hall–Kier alpha value is -2.47. The van der Waals surface area contributed by atoms with Crippen LogP contribution in [-0.2, 0) is 6.54 Å². The summed E-state index contributed by atoms with van der Waals surface area (Å²) in [7, 11) is 1.64. The zero-order chi connectivity index (χ0) is 21.6. The fourth-order valence-corrected chi connectivity index (χ4v) is 5.01. The lowest BCUT2D eigenvalue weighted by atomic mass is 9.90. The van der Waals surface area contributed by atoms with Gasteiger partial charge in [-0.2, -0.15) is 0 Å². The summed E-state index contributed by atoms with van der Waals surface area (Å²) in [4.78, 5) is 24.9. The smallest absolute Gasteiger partial charge is 0.254 e. The maximum atomic E-state index is 12.8. The highest BCUT2D eigenvalue weighted by Crippen LogP contribution is 2.35. The van der Waals surface area contributed by atoms with Gasteiger partial charge in [-0.15, -0.1) is 0 Å². The van der Waals surface area contributed by atoms with Gasteiger partial charge in [-0.3, -0.25) is 9.69 Å². The number of carbonyl (C=O) groups excluding carboxylic acids is 1. The zero-order valence-corrected chi connectivity index (χ0v) is 18.8. The number of likely N-dealkylation sites (tertiary alicyclic amines) is 1. The molecule has 2 aliphatic rings. The molecule has 1 atom stereocenters. The highest BCUT2D eigenvalue weighted by atomic mass is 16.5. The lowest BCUT2D eigenvalue weighted by Gasteiger charge is -2.42. The number of ether oxygens (including phenoxy) is 1. The molecule has 0 spiro atoms. The number of hydrogen-bond donors (Lipinski definition) is 1. The number of nitrogens with one attached hydrogen (secondary N) is 1. The van der Waals surface area contributed by atoms with Crippen molar-refractivity contribution in [2.45, 2.75) is 76.9 Å². The quantitative estimate of drug-likeness (QED) is 0.738. The third kappa shape index (κ3) is 5.24. The maximum Gasteiger partial charge on any atom is 0.254 e. The van der Waals surface area contributed by atoms with Crippen LogP contribution in [0.4, 0.5) is 0 Å². The summed E-state index contributed by atoms with van der Waals surface area (Å²) < 4.78 is 5.25. The van der Waals surface area contributed by atoms with E-state index in [4.69, 9.17) is 9.72 Å². The molecule has 1 aromatic carbocycles. The van der Waals surface area contributed by atoms with Gasteiger partial charge in [0.1, 0.15) is 11.6 Å². The first kappa shape index (κ1) is 21.8. The number of amides is 1. The fraction of sp³-hybridized carbons (Fsp3) is 0.560. The second-order valence-electron chi connectivity index (χ2n) is 8.80. The number of nitrogens with zero attached hydrogens (tertiary/aromatic N) is 3. The average molecular weight is 423 g/mol. The molecule has 1 saturated carbocycles. The molecule has 6 heteroatoms. The minimum Gasteiger partial charge on any atom is -0.497 e. The molecular formula is C25H34N4O2. The largest absolute Gasteiger partial charge is 0.497 e. The van der Waals surface area contributed by atoms with Gasteiger partial charge in [0.15, 0.2) is 0 Å². The van der Waals surface area contributed by atoms with Gasteiger partial charge in [0.2, 0.25) is 0 Å². The molecule has 0 unspecified atom stereocenters. The van der Waals surface area contributed by atoms with Crippen LogP contribution in [0.2, 0.25) is 0 Å². The van der Waals surface area contributed by atoms with E-state index in [0.717, 1.165) is 35.8 Å². The molecule has 2 aromatic rings. The van der Waals surface area contributed by atoms with Crippen LogP contribution in [0.25, 0.3) is 0 Å². The van der Waals surface area contributed by atoms with Crippen LogP contribution in [0, 0.1) is 6.92 Å². The second kappa shape index (κ2) is 10.2. The van der Waals surface area contributed by atoms with E-state index in [9.17, 15) is 4.79 Å². The molecule has 2 fully saturated rings. The van der Waals surface area contributed by atoms with E-state index in [0.29, 0.717) is 18.2 Å². The van der Waals surface area contributed by atoms with Crippen molar-refractivity contribution in [2.24, 2.45) is 0 Å². The van der Waals surface area contributed by atoms with E-state index in [1.54, 1.807) is 13.3 Å². The van der Waals surface area contributed by atoms with Crippen molar-refractivity contribution in [3.8, 4) is 5.75 Å². The summed E-state index contributed by atoms with van der Waals surface area (Å²) >= 11 is 0. The maximum absolute atomic E-state index is 12.8. The van der Waals surface area contributed by atoms with Crippen molar-refractivity contribution >= 4 is 5.91 Å². The zero-order valence-electron chi connectivity index (χ0n) is 18.8. The molecule has 6 nitrogen and oxygen atoms in total. The predicted molar refractivity (Wildman–Crippen MR) is 121 cm³/mol. The van der Waals surface area contributed by atoms with Gasteiger partial charge in [-0.05, 0) is 56.8 Å². The molecule has 2 heterocycles. The van der Waals surface area contributed by atoms with Gasteiger partial charge in [-0.1, -0.05) is 37.8 Å². The standard InChI is InChI=1S/C25H34N4O2/c1-18-22(25(30)27-16-19-9-8-12-21(15-19)31-2)17-26-24(28-18)23-13-6-7-14-29(23)20-10-4-3-5-11-20/h8-9,12,15,17,20,23H,3-7,10-11,13-14,16H2,1-2H3,(H,27,30)/t23-/m1/s1. The molecular weight excluding hydrogens is 388 g/mol. The topological polar surface area (TPSA) is 67.3 Å². The number of carbonyl (C=O) groups is 1. The molecule has 31 heavy (non-hydrogen) atoms. The Morgan fingerprint density at radius 3 is 2.74 bits per heavy atom. The van der Waals surface area contributed by atoms with Crippen LogP contribution >= 0.6 is 0 Å². The first-order valence-corrected chi connectivity index (χ1v) is 11.7. The van der Waals surface area contributed by atoms with Crippen LogP contribution in [0.3, 0.4) is 0 Å². The van der Waals surface area contributed by atoms with Crippen molar-refractivity contribution in [1.29, 1.82) is 0 Å². The highest BCUT2D eigenvalue weighted by molar-refractivity contribution is 5.94. The van der Waals surface area contributed by atoms with Crippen molar-refractivity contribution in [1.82, 2.24) is 20.2 Å². The first-order valence-electron chi connectivity index (χ1n) is 11.7. The van der Waals surface area contributed by atoms with Crippen LogP contribution in [0.5, 0.6) is 5.75 Å². The molecule has 1 amide bonds. The number of aromatic nitrogens is 2. The lowest BCUT2D eigenvalue weighted by Crippen LogP contribution is -2.43. The molecule has 1 N–H and O–H groups in total. The molecule has 0 radical (unpaired) electrons. The van der Waals surface area contributed by atoms with Crippen molar-refractivity contribution in [3.63, 3.8) is 0 Å². The van der Waals surface area contributed by atoms with Crippen molar-refractivity contribution in [3.05, 3.63) is 53.1 Å². The second-order valence-corrected chi connectivity index (χ2v) is 8.80. The molecule has 1 saturated heterocycles. The Kier molecular flexibility index (Phi) is 7.17. The van der Waals surface area contributed by atoms with Gasteiger partial charge in [0.05, 0.1) is 24.4 Å². The van der Waals surface area contributed by atoms with Crippen LogP contribution < -0.4 is 10.1 Å².